The number of hydrogen-bond acceptors (Lipinski definition) is 2. The molecular weight excluding hydrogens is 210 g/mol. The van der Waals surface area contributed by atoms with Gasteiger partial charge >= 0.3 is 0 Å². The number of ether oxygens (including phenoxy) is 1. The fraction of sp³-hybridized carbons (Fsp3) is 0.600. The highest BCUT2D eigenvalue weighted by Crippen LogP contribution is 2.34. The van der Waals surface area contributed by atoms with Crippen LogP contribution in [-0.2, 0) is 6.42 Å². The van der Waals surface area contributed by atoms with Gasteiger partial charge in [0.1, 0.15) is 5.75 Å². The van der Waals surface area contributed by atoms with Crippen LogP contribution in [0.25, 0.3) is 0 Å². The molecule has 1 N–H and O–H groups in total. The molecule has 1 fully saturated rings. The largest absolute Gasteiger partial charge is 0.496 e. The van der Waals surface area contributed by atoms with Gasteiger partial charge in [-0.2, -0.15) is 0 Å². The van der Waals surface area contributed by atoms with Gasteiger partial charge in [0, 0.05) is 6.04 Å². The van der Waals surface area contributed by atoms with Crippen LogP contribution in [0.4, 0.5) is 0 Å². The maximum atomic E-state index is 5.42. The molecule has 2 heteroatoms. The van der Waals surface area contributed by atoms with Gasteiger partial charge in [0.2, 0.25) is 0 Å². The molecule has 1 aliphatic rings. The number of aryl methyl sites for hydroxylation is 2. The molecule has 2 nitrogen and oxygen atoms in total. The van der Waals surface area contributed by atoms with Crippen LogP contribution in [0.15, 0.2) is 18.2 Å². The highest BCUT2D eigenvalue weighted by Gasteiger charge is 2.29. The monoisotopic (exact) mass is 233 g/mol. The van der Waals surface area contributed by atoms with Crippen LogP contribution < -0.4 is 10.1 Å². The standard InChI is InChI=1S/C15H23NO/c1-11-4-9-15(17-3)13(10-11)7-8-14(16-2)12-5-6-12/h4,9-10,12,14,16H,5-8H2,1-3H3. The molecule has 17 heavy (non-hydrogen) atoms. The van der Waals surface area contributed by atoms with Crippen LogP contribution in [0.5, 0.6) is 5.75 Å². The molecule has 0 saturated heterocycles. The molecule has 0 radical (unpaired) electrons. The quantitative estimate of drug-likeness (QED) is 0.815. The molecule has 0 aromatic heterocycles. The SMILES string of the molecule is CNC(CCc1cc(C)ccc1OC)C1CC1. The second-order valence-electron chi connectivity index (χ2n) is 5.09. The Morgan fingerprint density at radius 3 is 2.76 bits per heavy atom. The molecule has 0 amide bonds. The van der Waals surface area contributed by atoms with E-state index in [4.69, 9.17) is 4.74 Å². The Morgan fingerprint density at radius 2 is 2.18 bits per heavy atom. The average molecular weight is 233 g/mol. The smallest absolute Gasteiger partial charge is 0.122 e. The normalized spacial score (nSPS) is 16.9. The first-order chi connectivity index (χ1) is 8.24. The van der Waals surface area contributed by atoms with Crippen LogP contribution in [0.2, 0.25) is 0 Å². The van der Waals surface area contributed by atoms with Crippen LogP contribution in [-0.4, -0.2) is 20.2 Å². The van der Waals surface area contributed by atoms with Crippen molar-refractivity contribution in [3.8, 4) is 5.75 Å². The first kappa shape index (κ1) is 12.4. The van der Waals surface area contributed by atoms with E-state index in [1.807, 2.05) is 0 Å². The Kier molecular flexibility index (Phi) is 4.06. The molecule has 0 heterocycles. The Morgan fingerprint density at radius 1 is 1.41 bits per heavy atom. The molecule has 1 aromatic carbocycles. The Hall–Kier alpha value is -1.02. The predicted molar refractivity (Wildman–Crippen MR) is 71.6 cm³/mol. The van der Waals surface area contributed by atoms with Gasteiger partial charge in [0.05, 0.1) is 7.11 Å². The summed E-state index contributed by atoms with van der Waals surface area (Å²) in [4.78, 5) is 0. The number of nitrogens with one attached hydrogen (secondary N) is 1. The summed E-state index contributed by atoms with van der Waals surface area (Å²) >= 11 is 0. The van der Waals surface area contributed by atoms with Gasteiger partial charge in [-0.05, 0) is 57.2 Å². The minimum atomic E-state index is 0.681. The maximum Gasteiger partial charge on any atom is 0.122 e. The predicted octanol–water partition coefficient (Wildman–Crippen LogP) is 2.93. The number of methoxy groups -OCH3 is 1. The van der Waals surface area contributed by atoms with Crippen LogP contribution in [0.3, 0.4) is 0 Å². The minimum Gasteiger partial charge on any atom is -0.496 e. The summed E-state index contributed by atoms with van der Waals surface area (Å²) in [6, 6.07) is 7.12. The summed E-state index contributed by atoms with van der Waals surface area (Å²) in [5.74, 6) is 1.94. The zero-order chi connectivity index (χ0) is 12.3. The lowest BCUT2D eigenvalue weighted by atomic mass is 10.00. The van der Waals surface area contributed by atoms with Crippen molar-refractivity contribution in [3.05, 3.63) is 29.3 Å². The van der Waals surface area contributed by atoms with Crippen molar-refractivity contribution in [2.75, 3.05) is 14.2 Å². The molecule has 0 spiro atoms. The van der Waals surface area contributed by atoms with E-state index in [1.165, 1.54) is 30.4 Å². The summed E-state index contributed by atoms with van der Waals surface area (Å²) < 4.78 is 5.42. The van der Waals surface area contributed by atoms with Crippen molar-refractivity contribution in [2.24, 2.45) is 5.92 Å². The van der Waals surface area contributed by atoms with Gasteiger partial charge in [0.25, 0.3) is 0 Å². The van der Waals surface area contributed by atoms with Crippen molar-refractivity contribution < 1.29 is 4.74 Å². The highest BCUT2D eigenvalue weighted by molar-refractivity contribution is 5.37. The lowest BCUT2D eigenvalue weighted by Crippen LogP contribution is -2.27. The summed E-state index contributed by atoms with van der Waals surface area (Å²) in [5.41, 5.74) is 2.65. The topological polar surface area (TPSA) is 21.3 Å². The molecule has 1 aliphatic carbocycles. The van der Waals surface area contributed by atoms with E-state index in [1.54, 1.807) is 7.11 Å². The fourth-order valence-corrected chi connectivity index (χ4v) is 2.53. The molecule has 1 aromatic rings. The van der Waals surface area contributed by atoms with Gasteiger partial charge < -0.3 is 10.1 Å². The van der Waals surface area contributed by atoms with Crippen molar-refractivity contribution in [1.29, 1.82) is 0 Å². The molecule has 2 rings (SSSR count). The van der Waals surface area contributed by atoms with E-state index < -0.39 is 0 Å². The molecule has 1 unspecified atom stereocenters. The molecule has 0 bridgehead atoms. The maximum absolute atomic E-state index is 5.42. The van der Waals surface area contributed by atoms with Gasteiger partial charge in [-0.3, -0.25) is 0 Å². The Bertz CT molecular complexity index is 371. The second kappa shape index (κ2) is 5.54. The summed E-state index contributed by atoms with van der Waals surface area (Å²) in [6.07, 6.45) is 5.11. The average Bonchev–Trinajstić information content (AvgIpc) is 3.14. The van der Waals surface area contributed by atoms with E-state index >= 15 is 0 Å². The Balaban J connectivity index is 1.99. The summed E-state index contributed by atoms with van der Waals surface area (Å²) in [7, 11) is 3.83. The Labute approximate surface area is 104 Å². The summed E-state index contributed by atoms with van der Waals surface area (Å²) in [6.45, 7) is 2.14. The van der Waals surface area contributed by atoms with Gasteiger partial charge in [-0.1, -0.05) is 17.7 Å². The number of hydrogen-bond donors (Lipinski definition) is 1. The van der Waals surface area contributed by atoms with Gasteiger partial charge in [-0.15, -0.1) is 0 Å². The molecule has 0 aliphatic heterocycles. The number of benzene rings is 1. The van der Waals surface area contributed by atoms with Crippen LogP contribution >= 0.6 is 0 Å². The van der Waals surface area contributed by atoms with Crippen molar-refractivity contribution in [2.45, 2.75) is 38.6 Å². The van der Waals surface area contributed by atoms with Gasteiger partial charge in [0.15, 0.2) is 0 Å². The second-order valence-corrected chi connectivity index (χ2v) is 5.09. The molecule has 94 valence electrons. The summed E-state index contributed by atoms with van der Waals surface area (Å²) in [5, 5.41) is 3.45. The van der Waals surface area contributed by atoms with E-state index in [-0.39, 0.29) is 0 Å². The van der Waals surface area contributed by atoms with E-state index in [0.717, 1.165) is 18.1 Å². The lowest BCUT2D eigenvalue weighted by Gasteiger charge is -2.16. The highest BCUT2D eigenvalue weighted by atomic mass is 16.5. The minimum absolute atomic E-state index is 0.681. The van der Waals surface area contributed by atoms with Gasteiger partial charge in [-0.25, -0.2) is 0 Å². The van der Waals surface area contributed by atoms with Crippen molar-refractivity contribution >= 4 is 0 Å². The van der Waals surface area contributed by atoms with Crippen LogP contribution in [0, 0.1) is 12.8 Å². The van der Waals surface area contributed by atoms with Crippen LogP contribution in [0.1, 0.15) is 30.4 Å². The third-order valence-corrected chi connectivity index (χ3v) is 3.72. The number of rotatable bonds is 6. The molecular formula is C15H23NO. The third-order valence-electron chi connectivity index (χ3n) is 3.72. The van der Waals surface area contributed by atoms with Crippen molar-refractivity contribution in [3.63, 3.8) is 0 Å². The zero-order valence-corrected chi connectivity index (χ0v) is 11.1. The first-order valence-corrected chi connectivity index (χ1v) is 6.55. The van der Waals surface area contributed by atoms with E-state index in [2.05, 4.69) is 37.5 Å². The van der Waals surface area contributed by atoms with E-state index in [0.29, 0.717) is 6.04 Å². The first-order valence-electron chi connectivity index (χ1n) is 6.55. The fourth-order valence-electron chi connectivity index (χ4n) is 2.53. The van der Waals surface area contributed by atoms with E-state index in [9.17, 15) is 0 Å². The zero-order valence-electron chi connectivity index (χ0n) is 11.1. The lowest BCUT2D eigenvalue weighted by molar-refractivity contribution is 0.405. The molecule has 1 saturated carbocycles. The molecule has 1 atom stereocenters. The third kappa shape index (κ3) is 3.22. The van der Waals surface area contributed by atoms with Crippen molar-refractivity contribution in [1.82, 2.24) is 5.32 Å².